The molecule has 0 unspecified atom stereocenters. The largest absolute Gasteiger partial charge is 0.339 e. The molecule has 0 aromatic heterocycles. The maximum absolute atomic E-state index is 9.72. The van der Waals surface area contributed by atoms with Gasteiger partial charge in [-0.15, -0.1) is 0 Å². The second kappa shape index (κ2) is 16.4. The van der Waals surface area contributed by atoms with Gasteiger partial charge in [0.2, 0.25) is 5.69 Å². The number of thiol groups is 1. The molecule has 0 rings (SSSR count). The Kier molecular flexibility index (Phi) is 17.1. The molecule has 0 aliphatic rings. The molecule has 0 bridgehead atoms. The predicted octanol–water partition coefficient (Wildman–Crippen LogP) is 5.78. The van der Waals surface area contributed by atoms with E-state index in [-0.39, 0.29) is 0 Å². The molecule has 0 aromatic rings. The molecule has 2 N–H and O–H groups in total. The molecule has 23 heavy (non-hydrogen) atoms. The first-order chi connectivity index (χ1) is 11.0. The lowest BCUT2D eigenvalue weighted by atomic mass is 10.1. The Morgan fingerprint density at radius 3 is 1.39 bits per heavy atom. The van der Waals surface area contributed by atoms with Gasteiger partial charge in [-0.25, -0.2) is 0 Å². The van der Waals surface area contributed by atoms with Crippen LogP contribution in [0, 0.1) is 0 Å². The van der Waals surface area contributed by atoms with Crippen LogP contribution >= 0.6 is 17.9 Å². The van der Waals surface area contributed by atoms with Gasteiger partial charge < -0.3 is 9.79 Å². The number of hydrogen-bond acceptors (Lipinski definition) is 2. The Morgan fingerprint density at radius 2 is 1.04 bits per heavy atom. The predicted molar refractivity (Wildman–Crippen MR) is 106 cm³/mol. The van der Waals surface area contributed by atoms with E-state index in [1.165, 1.54) is 51.4 Å². The standard InChI is InChI=1S/C16H37O4PS2/c1-3-5-7-9-11-13-15-19-23(21(17,18)22)20-16-14-12-10-8-6-4-2/h17-18,22H,3-16H2,1-2H3. The summed E-state index contributed by atoms with van der Waals surface area (Å²) in [4.78, 5) is 19.4. The van der Waals surface area contributed by atoms with Crippen LogP contribution in [0.15, 0.2) is 0 Å². The summed E-state index contributed by atoms with van der Waals surface area (Å²) in [5.74, 6) is 0. The summed E-state index contributed by atoms with van der Waals surface area (Å²) in [6.45, 7) is 5.42. The van der Waals surface area contributed by atoms with Crippen LogP contribution in [-0.4, -0.2) is 23.0 Å². The van der Waals surface area contributed by atoms with Crippen LogP contribution in [0.1, 0.15) is 90.9 Å². The molecule has 0 aromatic carbocycles. The first-order valence-electron chi connectivity index (χ1n) is 9.11. The van der Waals surface area contributed by atoms with E-state index in [4.69, 9.17) is 8.37 Å². The summed E-state index contributed by atoms with van der Waals surface area (Å²) in [5.41, 5.74) is -3.38. The van der Waals surface area contributed by atoms with Crippen molar-refractivity contribution in [1.82, 2.24) is 0 Å². The van der Waals surface area contributed by atoms with Crippen molar-refractivity contribution in [2.45, 2.75) is 90.9 Å². The second-order valence-corrected chi connectivity index (χ2v) is 12.7. The molecule has 7 heteroatoms. The Hall–Kier alpha value is 0.970. The highest BCUT2D eigenvalue weighted by Gasteiger charge is 2.13. The molecule has 4 nitrogen and oxygen atoms in total. The van der Waals surface area contributed by atoms with Gasteiger partial charge in [0.25, 0.3) is 0 Å². The van der Waals surface area contributed by atoms with Gasteiger partial charge >= 0.3 is 0 Å². The fourth-order valence-corrected chi connectivity index (χ4v) is 5.22. The van der Waals surface area contributed by atoms with Crippen LogP contribution in [0.3, 0.4) is 0 Å². The van der Waals surface area contributed by atoms with Crippen LogP contribution in [0.25, 0.3) is 0 Å². The van der Waals surface area contributed by atoms with Crippen LogP contribution in [0.2, 0.25) is 0 Å². The van der Waals surface area contributed by atoms with Crippen molar-refractivity contribution in [3.8, 4) is 0 Å². The minimum absolute atomic E-state index is 0.509. The van der Waals surface area contributed by atoms with Crippen LogP contribution in [0.4, 0.5) is 0 Å². The Bertz CT molecular complexity index is 293. The van der Waals surface area contributed by atoms with E-state index in [9.17, 15) is 9.79 Å². The van der Waals surface area contributed by atoms with E-state index in [2.05, 4.69) is 26.1 Å². The van der Waals surface area contributed by atoms with E-state index in [1.54, 1.807) is 0 Å². The highest BCUT2D eigenvalue weighted by Crippen LogP contribution is 2.47. The van der Waals surface area contributed by atoms with Crippen molar-refractivity contribution in [2.24, 2.45) is 0 Å². The molecule has 0 fully saturated rings. The molecule has 0 spiro atoms. The van der Waals surface area contributed by atoms with Crippen molar-refractivity contribution >= 4 is 28.6 Å². The Morgan fingerprint density at radius 1 is 0.696 bits per heavy atom. The third kappa shape index (κ3) is 16.2. The maximum atomic E-state index is 9.72. The molecule has 0 aliphatic heterocycles. The summed E-state index contributed by atoms with van der Waals surface area (Å²) in [7, 11) is -1.27. The zero-order valence-electron chi connectivity index (χ0n) is 14.9. The van der Waals surface area contributed by atoms with Crippen LogP contribution < -0.4 is 0 Å². The molecule has 0 heterocycles. The summed E-state index contributed by atoms with van der Waals surface area (Å²) >= 11 is 3.88. The van der Waals surface area contributed by atoms with E-state index in [1.807, 2.05) is 0 Å². The monoisotopic (exact) mass is 388 g/mol. The molecule has 0 radical (unpaired) electrons. The van der Waals surface area contributed by atoms with E-state index in [0.29, 0.717) is 13.2 Å². The third-order valence-corrected chi connectivity index (χ3v) is 7.73. The fourth-order valence-electron chi connectivity index (χ4n) is 2.20. The fraction of sp³-hybridized carbons (Fsp3) is 1.00. The lowest BCUT2D eigenvalue weighted by molar-refractivity contribution is 0.264. The minimum Gasteiger partial charge on any atom is -0.339 e. The Balaban J connectivity index is 3.80. The first kappa shape index (κ1) is 24.0. The average Bonchev–Trinajstić information content (AvgIpc) is 2.50. The summed E-state index contributed by atoms with van der Waals surface area (Å²) in [6.07, 6.45) is 14.1. The van der Waals surface area contributed by atoms with Gasteiger partial charge in [0, 0.05) is 0 Å². The lowest BCUT2D eigenvalue weighted by Crippen LogP contribution is -2.06. The highest BCUT2D eigenvalue weighted by atomic mass is 32.9. The van der Waals surface area contributed by atoms with E-state index in [0.717, 1.165) is 25.7 Å². The van der Waals surface area contributed by atoms with Gasteiger partial charge in [-0.2, -0.15) is 0 Å². The van der Waals surface area contributed by atoms with Gasteiger partial charge in [0.05, 0.1) is 13.2 Å². The topological polar surface area (TPSA) is 58.9 Å². The summed E-state index contributed by atoms with van der Waals surface area (Å²) in [5, 5.41) is 0. The zero-order chi connectivity index (χ0) is 17.4. The van der Waals surface area contributed by atoms with Gasteiger partial charge in [-0.1, -0.05) is 90.3 Å². The first-order valence-corrected chi connectivity index (χ1v) is 13.6. The lowest BCUT2D eigenvalue weighted by Gasteiger charge is -2.15. The van der Waals surface area contributed by atoms with Gasteiger partial charge in [-0.05, 0) is 12.8 Å². The molecule has 0 saturated carbocycles. The minimum atomic E-state index is -3.38. The van der Waals surface area contributed by atoms with Crippen molar-refractivity contribution in [3.05, 3.63) is 0 Å². The third-order valence-electron chi connectivity index (χ3n) is 3.56. The quantitative estimate of drug-likeness (QED) is 0.178. The molecule has 0 saturated heterocycles. The number of rotatable bonds is 16. The smallest absolute Gasteiger partial charge is 0.249 e. The summed E-state index contributed by atoms with van der Waals surface area (Å²) < 4.78 is 11.1. The molecule has 142 valence electrons. The van der Waals surface area contributed by atoms with E-state index >= 15 is 0 Å². The van der Waals surface area contributed by atoms with Crippen LogP contribution in [0.5, 0.6) is 0 Å². The number of hydrogen-bond donors (Lipinski definition) is 3. The zero-order valence-corrected chi connectivity index (χ0v) is 17.5. The average molecular weight is 389 g/mol. The molecular weight excluding hydrogens is 351 g/mol. The van der Waals surface area contributed by atoms with Crippen molar-refractivity contribution in [1.29, 1.82) is 0 Å². The van der Waals surface area contributed by atoms with Crippen molar-refractivity contribution < 1.29 is 18.2 Å². The molecular formula is C16H37O4PS2. The SMILES string of the molecule is CCCCCCCCOS(OCCCCCCCC)=P(O)(O)S. The molecule has 0 aliphatic carbocycles. The Labute approximate surface area is 151 Å². The van der Waals surface area contributed by atoms with E-state index < -0.39 is 16.3 Å². The van der Waals surface area contributed by atoms with Crippen molar-refractivity contribution in [3.63, 3.8) is 0 Å². The van der Waals surface area contributed by atoms with Gasteiger partial charge in [0.15, 0.2) is 0 Å². The van der Waals surface area contributed by atoms with Gasteiger partial charge in [0.1, 0.15) is 10.6 Å². The summed E-state index contributed by atoms with van der Waals surface area (Å²) in [6, 6.07) is 0. The molecule has 0 amide bonds. The molecule has 0 atom stereocenters. The maximum Gasteiger partial charge on any atom is 0.249 e. The van der Waals surface area contributed by atoms with Crippen LogP contribution in [-0.2, 0) is 19.0 Å². The van der Waals surface area contributed by atoms with Gasteiger partial charge in [-0.3, -0.25) is 8.37 Å². The second-order valence-electron chi connectivity index (χ2n) is 5.91. The highest BCUT2D eigenvalue weighted by molar-refractivity contribution is 8.64. The van der Waals surface area contributed by atoms with Crippen molar-refractivity contribution in [2.75, 3.05) is 13.2 Å². The number of unbranched alkanes of at least 4 members (excludes halogenated alkanes) is 10. The normalized spacial score (nSPS) is 12.3.